The average molecular weight is 289 g/mol. The van der Waals surface area contributed by atoms with Crippen LogP contribution in [-0.4, -0.2) is 36.3 Å². The van der Waals surface area contributed by atoms with Gasteiger partial charge in [0, 0.05) is 30.9 Å². The molecule has 114 valence electrons. The number of hydrogen-bond acceptors (Lipinski definition) is 3. The highest BCUT2D eigenvalue weighted by atomic mass is 16.2. The largest absolute Gasteiger partial charge is 0.342 e. The summed E-state index contributed by atoms with van der Waals surface area (Å²) in [6, 6.07) is 5.47. The van der Waals surface area contributed by atoms with Crippen molar-refractivity contribution in [1.82, 2.24) is 4.90 Å². The molecule has 2 rings (SSSR count). The summed E-state index contributed by atoms with van der Waals surface area (Å²) in [5, 5.41) is 2.77. The molecule has 1 aliphatic rings. The zero-order valence-electron chi connectivity index (χ0n) is 12.8. The molecule has 0 saturated carbocycles. The number of hydrogen-bond donors (Lipinski definition) is 2. The predicted octanol–water partition coefficient (Wildman–Crippen LogP) is 1.63. The van der Waals surface area contributed by atoms with E-state index < -0.39 is 0 Å². The fourth-order valence-corrected chi connectivity index (χ4v) is 2.35. The van der Waals surface area contributed by atoms with Crippen LogP contribution in [0.4, 0.5) is 5.69 Å². The first-order chi connectivity index (χ1) is 9.88. The normalized spacial score (nSPS) is 14.8. The van der Waals surface area contributed by atoms with Crippen LogP contribution in [0.3, 0.4) is 0 Å². The first-order valence-electron chi connectivity index (χ1n) is 7.32. The Hall–Kier alpha value is -1.88. The lowest BCUT2D eigenvalue weighted by atomic mass is 10.0. The van der Waals surface area contributed by atoms with Crippen molar-refractivity contribution < 1.29 is 9.59 Å². The lowest BCUT2D eigenvalue weighted by Gasteiger charge is -2.21. The number of nitrogens with two attached hydrogens (primary N) is 1. The molecule has 1 aliphatic heterocycles. The molecule has 0 aliphatic carbocycles. The summed E-state index contributed by atoms with van der Waals surface area (Å²) in [5.74, 6) is 0.337. The number of benzene rings is 1. The molecule has 1 unspecified atom stereocenters. The number of anilines is 1. The fourth-order valence-electron chi connectivity index (χ4n) is 2.35. The number of carbonyl (C=O) groups excluding carboxylic acids is 2. The molecule has 0 radical (unpaired) electrons. The van der Waals surface area contributed by atoms with Gasteiger partial charge in [-0.2, -0.15) is 0 Å². The van der Waals surface area contributed by atoms with Crippen LogP contribution in [0.1, 0.15) is 36.2 Å². The van der Waals surface area contributed by atoms with E-state index in [0.29, 0.717) is 24.4 Å². The Bertz CT molecular complexity index is 554. The zero-order valence-corrected chi connectivity index (χ0v) is 12.8. The van der Waals surface area contributed by atoms with Crippen LogP contribution in [0.5, 0.6) is 0 Å². The van der Waals surface area contributed by atoms with Crippen LogP contribution >= 0.6 is 0 Å². The minimum absolute atomic E-state index is 0.0224. The Morgan fingerprint density at radius 1 is 1.43 bits per heavy atom. The van der Waals surface area contributed by atoms with Crippen molar-refractivity contribution in [3.63, 3.8) is 0 Å². The Labute approximate surface area is 125 Å². The van der Waals surface area contributed by atoms with Gasteiger partial charge in [0.1, 0.15) is 0 Å². The van der Waals surface area contributed by atoms with E-state index in [0.717, 1.165) is 17.7 Å². The van der Waals surface area contributed by atoms with Gasteiger partial charge in [-0.05, 0) is 30.0 Å². The van der Waals surface area contributed by atoms with E-state index in [-0.39, 0.29) is 17.9 Å². The van der Waals surface area contributed by atoms with Gasteiger partial charge in [0.25, 0.3) is 5.91 Å². The van der Waals surface area contributed by atoms with Crippen LogP contribution in [-0.2, 0) is 11.2 Å². The Morgan fingerprint density at radius 3 is 2.81 bits per heavy atom. The number of rotatable bonds is 5. The van der Waals surface area contributed by atoms with Crippen LogP contribution < -0.4 is 11.1 Å². The number of nitrogens with one attached hydrogen (secondary N) is 1. The second kappa shape index (κ2) is 6.26. The van der Waals surface area contributed by atoms with Gasteiger partial charge in [-0.1, -0.05) is 19.9 Å². The van der Waals surface area contributed by atoms with E-state index in [9.17, 15) is 9.59 Å². The molecule has 5 nitrogen and oxygen atoms in total. The van der Waals surface area contributed by atoms with Crippen molar-refractivity contribution in [3.8, 4) is 0 Å². The molecule has 0 fully saturated rings. The van der Waals surface area contributed by atoms with Gasteiger partial charge >= 0.3 is 0 Å². The predicted molar refractivity (Wildman–Crippen MR) is 83.2 cm³/mol. The maximum absolute atomic E-state index is 12.4. The minimum Gasteiger partial charge on any atom is -0.342 e. The van der Waals surface area contributed by atoms with Crippen LogP contribution in [0.2, 0.25) is 0 Å². The van der Waals surface area contributed by atoms with Crippen molar-refractivity contribution in [1.29, 1.82) is 0 Å². The van der Waals surface area contributed by atoms with E-state index in [2.05, 4.69) is 19.2 Å². The summed E-state index contributed by atoms with van der Waals surface area (Å²) in [6.45, 7) is 4.78. The molecule has 0 spiro atoms. The Balaban J connectivity index is 2.00. The van der Waals surface area contributed by atoms with Crippen LogP contribution in [0.25, 0.3) is 0 Å². The second-order valence-corrected chi connectivity index (χ2v) is 6.02. The molecule has 1 atom stereocenters. The minimum atomic E-state index is -0.0464. The maximum Gasteiger partial charge on any atom is 0.253 e. The molecular weight excluding hydrogens is 266 g/mol. The number of amides is 2. The van der Waals surface area contributed by atoms with Gasteiger partial charge < -0.3 is 16.0 Å². The van der Waals surface area contributed by atoms with Gasteiger partial charge in [-0.25, -0.2) is 0 Å². The van der Waals surface area contributed by atoms with E-state index in [1.807, 2.05) is 6.07 Å². The lowest BCUT2D eigenvalue weighted by molar-refractivity contribution is -0.115. The SMILES string of the molecule is CC(C)C(N)CCN(C)C(=O)c1ccc2c(c1)NC(=O)C2. The number of nitrogens with zero attached hydrogens (tertiary/aromatic N) is 1. The summed E-state index contributed by atoms with van der Waals surface area (Å²) in [6.07, 6.45) is 1.17. The number of carbonyl (C=O) groups is 2. The summed E-state index contributed by atoms with van der Waals surface area (Å²) in [7, 11) is 1.78. The summed E-state index contributed by atoms with van der Waals surface area (Å²) in [4.78, 5) is 25.4. The zero-order chi connectivity index (χ0) is 15.6. The molecular formula is C16H23N3O2. The van der Waals surface area contributed by atoms with Crippen LogP contribution in [0.15, 0.2) is 18.2 Å². The second-order valence-electron chi connectivity index (χ2n) is 6.02. The molecule has 1 aromatic carbocycles. The van der Waals surface area contributed by atoms with Crippen molar-refractivity contribution in [2.75, 3.05) is 18.9 Å². The van der Waals surface area contributed by atoms with E-state index in [1.165, 1.54) is 0 Å². The molecule has 1 heterocycles. The summed E-state index contributed by atoms with van der Waals surface area (Å²) < 4.78 is 0. The van der Waals surface area contributed by atoms with Crippen molar-refractivity contribution in [2.45, 2.75) is 32.7 Å². The summed E-state index contributed by atoms with van der Waals surface area (Å²) >= 11 is 0. The Morgan fingerprint density at radius 2 is 2.14 bits per heavy atom. The molecule has 1 aromatic rings. The van der Waals surface area contributed by atoms with Crippen molar-refractivity contribution in [3.05, 3.63) is 29.3 Å². The van der Waals surface area contributed by atoms with E-state index in [4.69, 9.17) is 5.73 Å². The van der Waals surface area contributed by atoms with Gasteiger partial charge in [-0.15, -0.1) is 0 Å². The Kier molecular flexibility index (Phi) is 4.63. The third kappa shape index (κ3) is 3.61. The third-order valence-corrected chi connectivity index (χ3v) is 3.98. The van der Waals surface area contributed by atoms with E-state index >= 15 is 0 Å². The highest BCUT2D eigenvalue weighted by molar-refractivity contribution is 6.02. The molecule has 3 N–H and O–H groups in total. The van der Waals surface area contributed by atoms with E-state index in [1.54, 1.807) is 24.1 Å². The molecule has 21 heavy (non-hydrogen) atoms. The monoisotopic (exact) mass is 289 g/mol. The molecule has 0 saturated heterocycles. The molecule has 0 bridgehead atoms. The topological polar surface area (TPSA) is 75.4 Å². The fraction of sp³-hybridized carbons (Fsp3) is 0.500. The van der Waals surface area contributed by atoms with Gasteiger partial charge in [0.15, 0.2) is 0 Å². The van der Waals surface area contributed by atoms with Crippen molar-refractivity contribution in [2.24, 2.45) is 11.7 Å². The standard InChI is InChI=1S/C16H23N3O2/c1-10(2)13(17)6-7-19(3)16(21)12-5-4-11-9-15(20)18-14(11)8-12/h4-5,8,10,13H,6-7,9,17H2,1-3H3,(H,18,20). The first-order valence-corrected chi connectivity index (χ1v) is 7.32. The maximum atomic E-state index is 12.4. The van der Waals surface area contributed by atoms with Gasteiger partial charge in [-0.3, -0.25) is 9.59 Å². The quantitative estimate of drug-likeness (QED) is 0.865. The number of fused-ring (bicyclic) bond motifs is 1. The highest BCUT2D eigenvalue weighted by Gasteiger charge is 2.20. The average Bonchev–Trinajstić information content (AvgIpc) is 2.82. The van der Waals surface area contributed by atoms with Gasteiger partial charge in [0.05, 0.1) is 6.42 Å². The molecule has 0 aromatic heterocycles. The van der Waals surface area contributed by atoms with Gasteiger partial charge in [0.2, 0.25) is 5.91 Å². The lowest BCUT2D eigenvalue weighted by Crippen LogP contribution is -2.34. The molecule has 5 heteroatoms. The molecule has 2 amide bonds. The first kappa shape index (κ1) is 15.5. The highest BCUT2D eigenvalue weighted by Crippen LogP contribution is 2.24. The third-order valence-electron chi connectivity index (χ3n) is 3.98. The van der Waals surface area contributed by atoms with Crippen LogP contribution in [0, 0.1) is 5.92 Å². The smallest absolute Gasteiger partial charge is 0.253 e. The van der Waals surface area contributed by atoms with Crippen molar-refractivity contribution >= 4 is 17.5 Å². The summed E-state index contributed by atoms with van der Waals surface area (Å²) in [5.41, 5.74) is 8.29.